The molecule has 0 aromatic rings. The van der Waals surface area contributed by atoms with E-state index >= 15 is 0 Å². The molecule has 0 radical (unpaired) electrons. The molecule has 1 aliphatic heterocycles. The summed E-state index contributed by atoms with van der Waals surface area (Å²) in [5.74, 6) is -0.958. The van der Waals surface area contributed by atoms with E-state index in [1.807, 2.05) is 4.90 Å². The van der Waals surface area contributed by atoms with Gasteiger partial charge in [-0.3, -0.25) is 14.5 Å². The first-order valence-corrected chi connectivity index (χ1v) is 7.24. The first-order chi connectivity index (χ1) is 9.02. The van der Waals surface area contributed by atoms with Gasteiger partial charge < -0.3 is 10.0 Å². The van der Waals surface area contributed by atoms with Crippen LogP contribution in [0.3, 0.4) is 0 Å². The van der Waals surface area contributed by atoms with Crippen molar-refractivity contribution in [1.29, 1.82) is 0 Å². The second-order valence-corrected chi connectivity index (χ2v) is 5.87. The van der Waals surface area contributed by atoms with Gasteiger partial charge in [0.1, 0.15) is 0 Å². The number of aliphatic carboxylic acids is 1. The lowest BCUT2D eigenvalue weighted by atomic mass is 10.0. The fraction of sp³-hybridized carbons (Fsp3) is 0.857. The van der Waals surface area contributed by atoms with Crippen molar-refractivity contribution in [3.63, 3.8) is 0 Å². The summed E-state index contributed by atoms with van der Waals surface area (Å²) in [7, 11) is 2.10. The van der Waals surface area contributed by atoms with E-state index in [4.69, 9.17) is 5.11 Å². The van der Waals surface area contributed by atoms with Crippen molar-refractivity contribution < 1.29 is 14.7 Å². The van der Waals surface area contributed by atoms with Crippen LogP contribution in [0, 0.1) is 11.8 Å². The third-order valence-corrected chi connectivity index (χ3v) is 4.69. The van der Waals surface area contributed by atoms with Gasteiger partial charge in [-0.2, -0.15) is 0 Å². The molecule has 0 aromatic heterocycles. The van der Waals surface area contributed by atoms with Crippen LogP contribution < -0.4 is 0 Å². The Morgan fingerprint density at radius 1 is 1.21 bits per heavy atom. The first kappa shape index (κ1) is 14.3. The number of carboxylic acids is 1. The third kappa shape index (κ3) is 3.08. The number of carbonyl (C=O) groups is 2. The minimum Gasteiger partial charge on any atom is -0.481 e. The van der Waals surface area contributed by atoms with Gasteiger partial charge in [0, 0.05) is 31.6 Å². The average molecular weight is 268 g/mol. The van der Waals surface area contributed by atoms with Gasteiger partial charge >= 0.3 is 5.97 Å². The summed E-state index contributed by atoms with van der Waals surface area (Å²) in [4.78, 5) is 27.7. The lowest BCUT2D eigenvalue weighted by Gasteiger charge is -2.40. The minimum absolute atomic E-state index is 0.0676. The van der Waals surface area contributed by atoms with Gasteiger partial charge in [0.25, 0.3) is 0 Å². The number of carboxylic acid groups (broad SMARTS) is 1. The molecular weight excluding hydrogens is 244 g/mol. The Morgan fingerprint density at radius 2 is 1.89 bits per heavy atom. The largest absolute Gasteiger partial charge is 0.481 e. The number of carbonyl (C=O) groups excluding carboxylic acids is 1. The zero-order chi connectivity index (χ0) is 14.0. The van der Waals surface area contributed by atoms with E-state index in [0.29, 0.717) is 18.9 Å². The molecule has 0 aromatic carbocycles. The molecule has 3 atom stereocenters. The molecule has 1 amide bonds. The van der Waals surface area contributed by atoms with Crippen molar-refractivity contribution >= 4 is 11.9 Å². The first-order valence-electron chi connectivity index (χ1n) is 7.24. The van der Waals surface area contributed by atoms with Crippen LogP contribution >= 0.6 is 0 Å². The highest BCUT2D eigenvalue weighted by Crippen LogP contribution is 2.32. The van der Waals surface area contributed by atoms with Gasteiger partial charge in [-0.15, -0.1) is 0 Å². The lowest BCUT2D eigenvalue weighted by Crippen LogP contribution is -2.54. The number of nitrogens with zero attached hydrogens (tertiary/aromatic N) is 2. The summed E-state index contributed by atoms with van der Waals surface area (Å²) < 4.78 is 0. The molecule has 5 nitrogen and oxygen atoms in total. The second kappa shape index (κ2) is 5.90. The van der Waals surface area contributed by atoms with E-state index in [2.05, 4.69) is 18.9 Å². The fourth-order valence-corrected chi connectivity index (χ4v) is 3.28. The Kier molecular flexibility index (Phi) is 4.45. The van der Waals surface area contributed by atoms with Crippen molar-refractivity contribution in [2.75, 3.05) is 26.7 Å². The van der Waals surface area contributed by atoms with Gasteiger partial charge in [0.2, 0.25) is 5.91 Å². The van der Waals surface area contributed by atoms with Crippen LogP contribution in [0.4, 0.5) is 0 Å². The van der Waals surface area contributed by atoms with Crippen LogP contribution in [0.2, 0.25) is 0 Å². The smallest absolute Gasteiger partial charge is 0.306 e. The maximum atomic E-state index is 12.5. The molecular formula is C14H24N2O3. The Bertz CT molecular complexity index is 359. The summed E-state index contributed by atoms with van der Waals surface area (Å²) in [5.41, 5.74) is 0. The predicted molar refractivity (Wildman–Crippen MR) is 71.8 cm³/mol. The highest BCUT2D eigenvalue weighted by Gasteiger charge is 2.37. The van der Waals surface area contributed by atoms with Crippen LogP contribution in [0.25, 0.3) is 0 Å². The molecule has 2 rings (SSSR count). The Labute approximate surface area is 114 Å². The minimum atomic E-state index is -0.750. The Morgan fingerprint density at radius 3 is 2.47 bits per heavy atom. The normalized spacial score (nSPS) is 32.5. The van der Waals surface area contributed by atoms with E-state index in [1.165, 1.54) is 0 Å². The van der Waals surface area contributed by atoms with E-state index in [1.54, 1.807) is 0 Å². The summed E-state index contributed by atoms with van der Waals surface area (Å²) >= 11 is 0. The van der Waals surface area contributed by atoms with Crippen LogP contribution in [0.15, 0.2) is 0 Å². The zero-order valence-corrected chi connectivity index (χ0v) is 11.8. The van der Waals surface area contributed by atoms with Gasteiger partial charge in [-0.25, -0.2) is 0 Å². The van der Waals surface area contributed by atoms with Crippen molar-refractivity contribution in [1.82, 2.24) is 9.80 Å². The molecule has 1 aliphatic carbocycles. The molecule has 2 fully saturated rings. The van der Waals surface area contributed by atoms with Crippen LogP contribution in [0.5, 0.6) is 0 Å². The van der Waals surface area contributed by atoms with E-state index in [0.717, 1.165) is 32.5 Å². The van der Waals surface area contributed by atoms with Gasteiger partial charge in [0.15, 0.2) is 0 Å². The highest BCUT2D eigenvalue weighted by atomic mass is 16.4. The Balaban J connectivity index is 1.92. The van der Waals surface area contributed by atoms with Gasteiger partial charge in [0.05, 0.1) is 5.92 Å². The molecule has 1 N–H and O–H groups in total. The highest BCUT2D eigenvalue weighted by molar-refractivity contribution is 5.81. The summed E-state index contributed by atoms with van der Waals surface area (Å²) in [5, 5.41) is 9.01. The number of amides is 1. The second-order valence-electron chi connectivity index (χ2n) is 5.87. The Hall–Kier alpha value is -1.10. The summed E-state index contributed by atoms with van der Waals surface area (Å²) in [6.45, 7) is 4.63. The molecule has 108 valence electrons. The molecule has 1 heterocycles. The number of rotatable bonds is 3. The van der Waals surface area contributed by atoms with Crippen molar-refractivity contribution in [2.24, 2.45) is 11.8 Å². The molecule has 0 bridgehead atoms. The van der Waals surface area contributed by atoms with E-state index < -0.39 is 5.97 Å². The number of hydrogen-bond acceptors (Lipinski definition) is 3. The third-order valence-electron chi connectivity index (χ3n) is 4.69. The molecule has 0 spiro atoms. The van der Waals surface area contributed by atoms with Gasteiger partial charge in [-0.05, 0) is 32.7 Å². The zero-order valence-electron chi connectivity index (χ0n) is 11.8. The maximum Gasteiger partial charge on any atom is 0.306 e. The number of likely N-dealkylation sites (N-methyl/N-ethyl adjacent to an activating group) is 1. The van der Waals surface area contributed by atoms with Gasteiger partial charge in [-0.1, -0.05) is 6.92 Å². The topological polar surface area (TPSA) is 60.9 Å². The summed E-state index contributed by atoms with van der Waals surface area (Å²) in [6.07, 6.45) is 2.95. The standard InChI is InChI=1S/C14H24N2O3/c1-3-12-9-16(7-6-15(12)2)13(17)10-4-5-11(8-10)14(18)19/h10-12H,3-9H2,1-2H3,(H,18,19). The maximum absolute atomic E-state index is 12.5. The van der Waals surface area contributed by atoms with Crippen molar-refractivity contribution in [3.05, 3.63) is 0 Å². The number of piperazine rings is 1. The molecule has 5 heteroatoms. The van der Waals surface area contributed by atoms with Crippen molar-refractivity contribution in [3.8, 4) is 0 Å². The quantitative estimate of drug-likeness (QED) is 0.831. The fourth-order valence-electron chi connectivity index (χ4n) is 3.28. The van der Waals surface area contributed by atoms with Crippen LogP contribution in [0.1, 0.15) is 32.6 Å². The predicted octanol–water partition coefficient (Wildman–Crippen LogP) is 1.04. The molecule has 1 saturated carbocycles. The molecule has 3 unspecified atom stereocenters. The molecule has 2 aliphatic rings. The average Bonchev–Trinajstić information content (AvgIpc) is 2.88. The van der Waals surface area contributed by atoms with Crippen molar-refractivity contribution in [2.45, 2.75) is 38.6 Å². The number of hydrogen-bond donors (Lipinski definition) is 1. The monoisotopic (exact) mass is 268 g/mol. The summed E-state index contributed by atoms with van der Waals surface area (Å²) in [6, 6.07) is 0.439. The van der Waals surface area contributed by atoms with E-state index in [-0.39, 0.29) is 17.7 Å². The van der Waals surface area contributed by atoms with Crippen LogP contribution in [-0.2, 0) is 9.59 Å². The molecule has 19 heavy (non-hydrogen) atoms. The molecule has 1 saturated heterocycles. The SMILES string of the molecule is CCC1CN(C(=O)C2CCC(C(=O)O)C2)CCN1C. The van der Waals surface area contributed by atoms with E-state index in [9.17, 15) is 9.59 Å². The lowest BCUT2D eigenvalue weighted by molar-refractivity contribution is -0.142. The van der Waals surface area contributed by atoms with Crippen LogP contribution in [-0.4, -0.2) is 59.5 Å².